The molecule has 0 unspecified atom stereocenters. The van der Waals surface area contributed by atoms with Crippen molar-refractivity contribution in [3.8, 4) is 11.3 Å². The van der Waals surface area contributed by atoms with E-state index in [0.717, 1.165) is 5.56 Å². The maximum atomic E-state index is 12.2. The highest BCUT2D eigenvalue weighted by molar-refractivity contribution is 6.33. The van der Waals surface area contributed by atoms with Crippen LogP contribution in [0.25, 0.3) is 11.3 Å². The standard InChI is InChI=1S/C19H16ClNO3/c1-12-2-4-13(5-3-12)19(23)21-14-6-8-16(17(20)10-14)18-9-7-15(11-22)24-18/h2-10,22H,11H2,1H3,(H,21,23). The van der Waals surface area contributed by atoms with Gasteiger partial charge in [-0.05, 0) is 49.4 Å². The molecular weight excluding hydrogens is 326 g/mol. The number of carbonyl (C=O) groups is 1. The molecule has 1 amide bonds. The van der Waals surface area contributed by atoms with Crippen molar-refractivity contribution < 1.29 is 14.3 Å². The van der Waals surface area contributed by atoms with Crippen molar-refractivity contribution in [2.24, 2.45) is 0 Å². The molecule has 0 saturated carbocycles. The molecule has 4 nitrogen and oxygen atoms in total. The van der Waals surface area contributed by atoms with Crippen molar-refractivity contribution in [3.63, 3.8) is 0 Å². The number of carbonyl (C=O) groups excluding carboxylic acids is 1. The monoisotopic (exact) mass is 341 g/mol. The van der Waals surface area contributed by atoms with Crippen LogP contribution in [0.3, 0.4) is 0 Å². The molecule has 0 bridgehead atoms. The zero-order chi connectivity index (χ0) is 17.1. The Morgan fingerprint density at radius 3 is 2.50 bits per heavy atom. The Hall–Kier alpha value is -2.56. The van der Waals surface area contributed by atoms with Crippen molar-refractivity contribution in [2.45, 2.75) is 13.5 Å². The van der Waals surface area contributed by atoms with E-state index >= 15 is 0 Å². The highest BCUT2D eigenvalue weighted by Crippen LogP contribution is 2.31. The van der Waals surface area contributed by atoms with Gasteiger partial charge in [0.25, 0.3) is 5.91 Å². The van der Waals surface area contributed by atoms with Crippen LogP contribution in [0.1, 0.15) is 21.7 Å². The first-order chi connectivity index (χ1) is 11.6. The molecule has 2 N–H and O–H groups in total. The lowest BCUT2D eigenvalue weighted by atomic mass is 10.1. The molecule has 0 saturated heterocycles. The number of halogens is 1. The summed E-state index contributed by atoms with van der Waals surface area (Å²) >= 11 is 6.29. The van der Waals surface area contributed by atoms with Gasteiger partial charge in [0.15, 0.2) is 0 Å². The number of aliphatic hydroxyl groups is 1. The first kappa shape index (κ1) is 16.3. The molecule has 3 aromatic rings. The van der Waals surface area contributed by atoms with Crippen LogP contribution in [0.2, 0.25) is 5.02 Å². The number of anilines is 1. The maximum absolute atomic E-state index is 12.2. The van der Waals surface area contributed by atoms with Crippen molar-refractivity contribution >= 4 is 23.2 Å². The summed E-state index contributed by atoms with van der Waals surface area (Å²) in [5.41, 5.74) is 2.98. The van der Waals surface area contributed by atoms with E-state index in [1.165, 1.54) is 0 Å². The normalized spacial score (nSPS) is 10.6. The topological polar surface area (TPSA) is 62.5 Å². The molecule has 0 spiro atoms. The number of hydrogen-bond acceptors (Lipinski definition) is 3. The molecule has 0 fully saturated rings. The zero-order valence-electron chi connectivity index (χ0n) is 13.0. The number of nitrogens with one attached hydrogen (secondary N) is 1. The van der Waals surface area contributed by atoms with Crippen LogP contribution in [-0.4, -0.2) is 11.0 Å². The lowest BCUT2D eigenvalue weighted by Gasteiger charge is -2.08. The van der Waals surface area contributed by atoms with Gasteiger partial charge < -0.3 is 14.8 Å². The SMILES string of the molecule is Cc1ccc(C(=O)Nc2ccc(-c3ccc(CO)o3)c(Cl)c2)cc1. The number of rotatable bonds is 4. The molecule has 0 radical (unpaired) electrons. The van der Waals surface area contributed by atoms with E-state index in [0.29, 0.717) is 33.4 Å². The third-order valence-corrected chi connectivity index (χ3v) is 3.94. The Morgan fingerprint density at radius 1 is 1.12 bits per heavy atom. The predicted octanol–water partition coefficient (Wildman–Crippen LogP) is 4.65. The molecule has 1 heterocycles. The number of benzene rings is 2. The summed E-state index contributed by atoms with van der Waals surface area (Å²) in [6.07, 6.45) is 0. The number of aliphatic hydroxyl groups excluding tert-OH is 1. The molecule has 2 aromatic carbocycles. The number of hydrogen-bond donors (Lipinski definition) is 2. The van der Waals surface area contributed by atoms with Gasteiger partial charge >= 0.3 is 0 Å². The van der Waals surface area contributed by atoms with Gasteiger partial charge in [-0.25, -0.2) is 0 Å². The average molecular weight is 342 g/mol. The molecule has 24 heavy (non-hydrogen) atoms. The maximum Gasteiger partial charge on any atom is 0.255 e. The first-order valence-electron chi connectivity index (χ1n) is 7.44. The van der Waals surface area contributed by atoms with Crippen LogP contribution in [0.5, 0.6) is 0 Å². The Labute approximate surface area is 144 Å². The Morgan fingerprint density at radius 2 is 1.88 bits per heavy atom. The summed E-state index contributed by atoms with van der Waals surface area (Å²) in [5, 5.41) is 12.3. The second kappa shape index (κ2) is 6.91. The van der Waals surface area contributed by atoms with Crippen molar-refractivity contribution in [2.75, 3.05) is 5.32 Å². The van der Waals surface area contributed by atoms with Gasteiger partial charge in [0.05, 0.1) is 5.02 Å². The number of furan rings is 1. The van der Waals surface area contributed by atoms with E-state index < -0.39 is 0 Å². The predicted molar refractivity (Wildman–Crippen MR) is 94.2 cm³/mol. The minimum absolute atomic E-state index is 0.164. The van der Waals surface area contributed by atoms with Crippen LogP contribution in [0.4, 0.5) is 5.69 Å². The van der Waals surface area contributed by atoms with Crippen LogP contribution >= 0.6 is 11.6 Å². The van der Waals surface area contributed by atoms with E-state index in [2.05, 4.69) is 5.32 Å². The lowest BCUT2D eigenvalue weighted by Crippen LogP contribution is -2.11. The third kappa shape index (κ3) is 3.50. The third-order valence-electron chi connectivity index (χ3n) is 3.62. The molecule has 0 aliphatic rings. The molecular formula is C19H16ClNO3. The van der Waals surface area contributed by atoms with Gasteiger partial charge in [-0.15, -0.1) is 0 Å². The van der Waals surface area contributed by atoms with Gasteiger partial charge in [0, 0.05) is 16.8 Å². The molecule has 0 atom stereocenters. The second-order valence-corrected chi connectivity index (χ2v) is 5.85. The average Bonchev–Trinajstić information content (AvgIpc) is 3.04. The van der Waals surface area contributed by atoms with Crippen molar-refractivity contribution in [1.82, 2.24) is 0 Å². The summed E-state index contributed by atoms with van der Waals surface area (Å²) in [5.74, 6) is 0.845. The molecule has 0 aliphatic heterocycles. The molecule has 1 aromatic heterocycles. The molecule has 5 heteroatoms. The minimum Gasteiger partial charge on any atom is -0.459 e. The second-order valence-electron chi connectivity index (χ2n) is 5.44. The van der Waals surface area contributed by atoms with E-state index in [1.54, 1.807) is 42.5 Å². The van der Waals surface area contributed by atoms with Crippen LogP contribution in [-0.2, 0) is 6.61 Å². The highest BCUT2D eigenvalue weighted by atomic mass is 35.5. The zero-order valence-corrected chi connectivity index (χ0v) is 13.8. The molecule has 122 valence electrons. The van der Waals surface area contributed by atoms with Gasteiger partial charge in [0.2, 0.25) is 0 Å². The van der Waals surface area contributed by atoms with Gasteiger partial charge in [-0.2, -0.15) is 0 Å². The smallest absolute Gasteiger partial charge is 0.255 e. The summed E-state index contributed by atoms with van der Waals surface area (Å²) < 4.78 is 5.48. The van der Waals surface area contributed by atoms with E-state index in [9.17, 15) is 4.79 Å². The number of aryl methyl sites for hydroxylation is 1. The number of amides is 1. The quantitative estimate of drug-likeness (QED) is 0.725. The largest absolute Gasteiger partial charge is 0.459 e. The lowest BCUT2D eigenvalue weighted by molar-refractivity contribution is 0.102. The van der Waals surface area contributed by atoms with E-state index in [-0.39, 0.29) is 12.5 Å². The van der Waals surface area contributed by atoms with Crippen LogP contribution < -0.4 is 5.32 Å². The Bertz CT molecular complexity index is 869. The van der Waals surface area contributed by atoms with Gasteiger partial charge in [0.1, 0.15) is 18.1 Å². The van der Waals surface area contributed by atoms with Gasteiger partial charge in [-0.1, -0.05) is 29.3 Å². The summed E-state index contributed by atoms with van der Waals surface area (Å²) in [6, 6.07) is 16.0. The van der Waals surface area contributed by atoms with Crippen LogP contribution in [0.15, 0.2) is 59.0 Å². The fourth-order valence-corrected chi connectivity index (χ4v) is 2.58. The highest BCUT2D eigenvalue weighted by Gasteiger charge is 2.11. The Balaban J connectivity index is 1.79. The first-order valence-corrected chi connectivity index (χ1v) is 7.82. The van der Waals surface area contributed by atoms with E-state index in [4.69, 9.17) is 21.1 Å². The summed E-state index contributed by atoms with van der Waals surface area (Å²) in [4.78, 5) is 12.2. The van der Waals surface area contributed by atoms with Crippen molar-refractivity contribution in [3.05, 3.63) is 76.5 Å². The molecule has 0 aliphatic carbocycles. The molecule has 3 rings (SSSR count). The Kier molecular flexibility index (Phi) is 4.69. The van der Waals surface area contributed by atoms with Crippen LogP contribution in [0, 0.1) is 6.92 Å². The minimum atomic E-state index is -0.195. The summed E-state index contributed by atoms with van der Waals surface area (Å²) in [6.45, 7) is 1.80. The van der Waals surface area contributed by atoms with Gasteiger partial charge in [-0.3, -0.25) is 4.79 Å². The van der Waals surface area contributed by atoms with Crippen molar-refractivity contribution in [1.29, 1.82) is 0 Å². The fraction of sp³-hybridized carbons (Fsp3) is 0.105. The fourth-order valence-electron chi connectivity index (χ4n) is 2.31. The van der Waals surface area contributed by atoms with E-state index in [1.807, 2.05) is 19.1 Å². The summed E-state index contributed by atoms with van der Waals surface area (Å²) in [7, 11) is 0.